The second-order valence-electron chi connectivity index (χ2n) is 7.46. The van der Waals surface area contributed by atoms with E-state index in [2.05, 4.69) is 30.1 Å². The summed E-state index contributed by atoms with van der Waals surface area (Å²) in [6.45, 7) is 9.65. The topological polar surface area (TPSA) is 61.9 Å². The molecule has 0 aliphatic carbocycles. The van der Waals surface area contributed by atoms with Crippen molar-refractivity contribution < 1.29 is 14.3 Å². The molecule has 1 aromatic rings. The zero-order valence-electron chi connectivity index (χ0n) is 15.7. The second kappa shape index (κ2) is 8.64. The molecule has 0 spiro atoms. The lowest BCUT2D eigenvalue weighted by Crippen LogP contribution is -2.42. The van der Waals surface area contributed by atoms with Crippen LogP contribution < -0.4 is 5.32 Å². The molecule has 1 aromatic carbocycles. The maximum Gasteiger partial charge on any atom is 0.229 e. The smallest absolute Gasteiger partial charge is 0.229 e. The first-order valence-corrected chi connectivity index (χ1v) is 9.51. The number of hydrogen-bond donors (Lipinski definition) is 1. The minimum Gasteiger partial charge on any atom is -0.379 e. The molecule has 3 rings (SSSR count). The third-order valence-corrected chi connectivity index (χ3v) is 5.20. The van der Waals surface area contributed by atoms with Crippen molar-refractivity contribution in [1.82, 2.24) is 9.80 Å². The van der Waals surface area contributed by atoms with E-state index in [4.69, 9.17) is 4.74 Å². The first-order valence-electron chi connectivity index (χ1n) is 9.51. The number of carbonyl (C=O) groups is 2. The number of benzene rings is 1. The molecule has 1 N–H and O–H groups in total. The maximum atomic E-state index is 12.6. The van der Waals surface area contributed by atoms with Gasteiger partial charge in [-0.15, -0.1) is 0 Å². The molecule has 26 heavy (non-hydrogen) atoms. The number of morpholine rings is 1. The molecule has 2 aliphatic heterocycles. The first kappa shape index (κ1) is 18.9. The van der Waals surface area contributed by atoms with Crippen molar-refractivity contribution in [3.8, 4) is 0 Å². The minimum atomic E-state index is -0.269. The standard InChI is InChI=1S/C20H29N3O3/c1-15(2)16-4-3-5-18(12-16)21-20(25)17-13-19(24)23(14-17)7-6-22-8-10-26-11-9-22/h3-5,12,15,17H,6-11,13-14H2,1-2H3,(H,21,25)/t17-/m1/s1. The predicted molar refractivity (Wildman–Crippen MR) is 101 cm³/mol. The van der Waals surface area contributed by atoms with Gasteiger partial charge in [-0.1, -0.05) is 26.0 Å². The van der Waals surface area contributed by atoms with Crippen molar-refractivity contribution in [2.45, 2.75) is 26.2 Å². The molecule has 2 amide bonds. The summed E-state index contributed by atoms with van der Waals surface area (Å²) in [5.74, 6) is 0.160. The van der Waals surface area contributed by atoms with Crippen LogP contribution >= 0.6 is 0 Å². The molecule has 6 nitrogen and oxygen atoms in total. The summed E-state index contributed by atoms with van der Waals surface area (Å²) in [6, 6.07) is 7.93. The third-order valence-electron chi connectivity index (χ3n) is 5.20. The average Bonchev–Trinajstić information content (AvgIpc) is 3.02. The van der Waals surface area contributed by atoms with Crippen molar-refractivity contribution in [2.75, 3.05) is 51.3 Å². The number of nitrogens with one attached hydrogen (secondary N) is 1. The van der Waals surface area contributed by atoms with Crippen molar-refractivity contribution in [2.24, 2.45) is 5.92 Å². The van der Waals surface area contributed by atoms with Gasteiger partial charge in [-0.05, 0) is 23.6 Å². The van der Waals surface area contributed by atoms with Gasteiger partial charge < -0.3 is 15.0 Å². The van der Waals surface area contributed by atoms with Crippen LogP contribution in [0.15, 0.2) is 24.3 Å². The number of rotatable bonds is 6. The zero-order valence-corrected chi connectivity index (χ0v) is 15.7. The quantitative estimate of drug-likeness (QED) is 0.843. The van der Waals surface area contributed by atoms with Gasteiger partial charge in [-0.2, -0.15) is 0 Å². The summed E-state index contributed by atoms with van der Waals surface area (Å²) in [5.41, 5.74) is 2.00. The highest BCUT2D eigenvalue weighted by atomic mass is 16.5. The molecule has 2 aliphatic rings. The number of nitrogens with zero attached hydrogens (tertiary/aromatic N) is 2. The number of anilines is 1. The molecule has 0 saturated carbocycles. The van der Waals surface area contributed by atoms with Gasteiger partial charge in [0.05, 0.1) is 19.1 Å². The number of ether oxygens (including phenoxy) is 1. The van der Waals surface area contributed by atoms with Crippen LogP contribution in [0.4, 0.5) is 5.69 Å². The van der Waals surface area contributed by atoms with Crippen LogP contribution in [-0.2, 0) is 14.3 Å². The Labute approximate surface area is 155 Å². The van der Waals surface area contributed by atoms with E-state index in [1.54, 1.807) is 0 Å². The molecule has 142 valence electrons. The van der Waals surface area contributed by atoms with Gasteiger partial charge in [-0.3, -0.25) is 14.5 Å². The minimum absolute atomic E-state index is 0.0619. The Hall–Kier alpha value is -1.92. The average molecular weight is 359 g/mol. The number of amides is 2. The summed E-state index contributed by atoms with van der Waals surface area (Å²) in [4.78, 5) is 29.0. The molecular formula is C20H29N3O3. The van der Waals surface area contributed by atoms with Gasteiger partial charge in [0.1, 0.15) is 0 Å². The molecule has 1 atom stereocenters. The molecule has 2 saturated heterocycles. The van der Waals surface area contributed by atoms with Crippen molar-refractivity contribution in [3.05, 3.63) is 29.8 Å². The number of hydrogen-bond acceptors (Lipinski definition) is 4. The van der Waals surface area contributed by atoms with Crippen LogP contribution in [0.25, 0.3) is 0 Å². The van der Waals surface area contributed by atoms with Crippen LogP contribution in [-0.4, -0.2) is 67.6 Å². The lowest BCUT2D eigenvalue weighted by molar-refractivity contribution is -0.128. The van der Waals surface area contributed by atoms with Crippen LogP contribution in [0.5, 0.6) is 0 Å². The van der Waals surface area contributed by atoms with Gasteiger partial charge in [0.2, 0.25) is 11.8 Å². The predicted octanol–water partition coefficient (Wildman–Crippen LogP) is 1.93. The fourth-order valence-electron chi connectivity index (χ4n) is 3.47. The van der Waals surface area contributed by atoms with Crippen molar-refractivity contribution in [3.63, 3.8) is 0 Å². The molecule has 0 radical (unpaired) electrons. The van der Waals surface area contributed by atoms with Crippen molar-refractivity contribution in [1.29, 1.82) is 0 Å². The second-order valence-corrected chi connectivity index (χ2v) is 7.46. The molecule has 0 unspecified atom stereocenters. The van der Waals surface area contributed by atoms with Crippen LogP contribution in [0, 0.1) is 5.92 Å². The highest BCUT2D eigenvalue weighted by Gasteiger charge is 2.34. The summed E-state index contributed by atoms with van der Waals surface area (Å²) >= 11 is 0. The largest absolute Gasteiger partial charge is 0.379 e. The molecule has 2 heterocycles. The van der Waals surface area contributed by atoms with E-state index in [0.29, 0.717) is 25.4 Å². The first-order chi connectivity index (χ1) is 12.5. The molecule has 2 fully saturated rings. The summed E-state index contributed by atoms with van der Waals surface area (Å²) in [7, 11) is 0. The Morgan fingerprint density at radius 3 is 2.77 bits per heavy atom. The van der Waals surface area contributed by atoms with Crippen molar-refractivity contribution >= 4 is 17.5 Å². The summed E-state index contributed by atoms with van der Waals surface area (Å²) in [6.07, 6.45) is 0.304. The maximum absolute atomic E-state index is 12.6. The highest BCUT2D eigenvalue weighted by molar-refractivity contribution is 5.97. The van der Waals surface area contributed by atoms with E-state index in [-0.39, 0.29) is 17.7 Å². The van der Waals surface area contributed by atoms with E-state index in [1.807, 2.05) is 23.1 Å². The fourth-order valence-corrected chi connectivity index (χ4v) is 3.47. The van der Waals surface area contributed by atoms with E-state index < -0.39 is 0 Å². The Kier molecular flexibility index (Phi) is 6.27. The van der Waals surface area contributed by atoms with E-state index in [9.17, 15) is 9.59 Å². The lowest BCUT2D eigenvalue weighted by atomic mass is 10.0. The van der Waals surface area contributed by atoms with E-state index >= 15 is 0 Å². The van der Waals surface area contributed by atoms with Crippen LogP contribution in [0.1, 0.15) is 31.7 Å². The SMILES string of the molecule is CC(C)c1cccc(NC(=O)[C@@H]2CC(=O)N(CCN3CCOCC3)C2)c1. The Balaban J connectivity index is 1.51. The van der Waals surface area contributed by atoms with Gasteiger partial charge in [0, 0.05) is 44.8 Å². The van der Waals surface area contributed by atoms with Gasteiger partial charge in [-0.25, -0.2) is 0 Å². The third kappa shape index (κ3) is 4.83. The van der Waals surface area contributed by atoms with Gasteiger partial charge in [0.15, 0.2) is 0 Å². The molecular weight excluding hydrogens is 330 g/mol. The zero-order chi connectivity index (χ0) is 18.5. The Morgan fingerprint density at radius 2 is 2.04 bits per heavy atom. The summed E-state index contributed by atoms with van der Waals surface area (Å²) in [5, 5.41) is 2.98. The molecule has 0 bridgehead atoms. The highest BCUT2D eigenvalue weighted by Crippen LogP contribution is 2.22. The van der Waals surface area contributed by atoms with Crippen LogP contribution in [0.2, 0.25) is 0 Å². The Morgan fingerprint density at radius 1 is 1.27 bits per heavy atom. The fraction of sp³-hybridized carbons (Fsp3) is 0.600. The van der Waals surface area contributed by atoms with Crippen LogP contribution in [0.3, 0.4) is 0 Å². The van der Waals surface area contributed by atoms with Gasteiger partial charge in [0.25, 0.3) is 0 Å². The molecule has 0 aromatic heterocycles. The summed E-state index contributed by atoms with van der Waals surface area (Å²) < 4.78 is 5.35. The van der Waals surface area contributed by atoms with E-state index in [0.717, 1.165) is 38.5 Å². The number of likely N-dealkylation sites (tertiary alicyclic amines) is 1. The van der Waals surface area contributed by atoms with E-state index in [1.165, 1.54) is 5.56 Å². The Bertz CT molecular complexity index is 641. The lowest BCUT2D eigenvalue weighted by Gasteiger charge is -2.28. The number of carbonyl (C=O) groups excluding carboxylic acids is 2. The monoisotopic (exact) mass is 359 g/mol. The van der Waals surface area contributed by atoms with Gasteiger partial charge >= 0.3 is 0 Å². The molecule has 6 heteroatoms. The normalized spacial score (nSPS) is 21.4.